The monoisotopic (exact) mass is 376 g/mol. The van der Waals surface area contributed by atoms with E-state index in [0.29, 0.717) is 23.9 Å². The van der Waals surface area contributed by atoms with Crippen LogP contribution >= 0.6 is 11.8 Å². The normalized spacial score (nSPS) is 15.9. The van der Waals surface area contributed by atoms with Crippen LogP contribution in [-0.2, 0) is 11.2 Å². The number of ether oxygens (including phenoxy) is 1. The minimum absolute atomic E-state index is 0.00968. The lowest BCUT2D eigenvalue weighted by Gasteiger charge is -2.16. The van der Waals surface area contributed by atoms with Gasteiger partial charge < -0.3 is 4.74 Å². The molecular weight excluding hydrogens is 358 g/mol. The largest absolute Gasteiger partial charge is 0.433 e. The Balaban J connectivity index is 1.81. The van der Waals surface area contributed by atoms with Crippen LogP contribution in [0.2, 0.25) is 0 Å². The summed E-state index contributed by atoms with van der Waals surface area (Å²) in [5.74, 6) is 0.272. The Morgan fingerprint density at radius 2 is 2.00 bits per heavy atom. The highest BCUT2D eigenvalue weighted by Crippen LogP contribution is 2.33. The van der Waals surface area contributed by atoms with Gasteiger partial charge in [-0.2, -0.15) is 8.78 Å². The molecule has 26 heavy (non-hydrogen) atoms. The fraction of sp³-hybridized carbons (Fsp3) is 0.263. The highest BCUT2D eigenvalue weighted by Gasteiger charge is 2.28. The molecule has 0 radical (unpaired) electrons. The molecule has 3 rings (SSSR count). The van der Waals surface area contributed by atoms with Crippen molar-refractivity contribution in [3.63, 3.8) is 0 Å². The molecule has 7 heteroatoms. The predicted octanol–water partition coefficient (Wildman–Crippen LogP) is 4.40. The summed E-state index contributed by atoms with van der Waals surface area (Å²) in [5, 5.41) is 0.508. The number of carbonyl (C=O) groups is 1. The number of rotatable bonds is 6. The standard InChI is InChI=1S/C19H18F2N2O2S/c1-13-7-8-15(16(11-13)25-18(20)21)22-19-23(17(24)12-26-19)10-9-14-5-3-2-4-6-14/h2-8,11,18H,9-10,12H2,1H3. The van der Waals surface area contributed by atoms with Crippen molar-refractivity contribution in [2.24, 2.45) is 4.99 Å². The van der Waals surface area contributed by atoms with E-state index in [1.165, 1.54) is 17.8 Å². The average Bonchev–Trinajstić information content (AvgIpc) is 2.95. The molecular formula is C19H18F2N2O2S. The molecule has 136 valence electrons. The first-order valence-corrected chi connectivity index (χ1v) is 9.13. The third kappa shape index (κ3) is 4.60. The lowest BCUT2D eigenvalue weighted by Crippen LogP contribution is -2.31. The van der Waals surface area contributed by atoms with Gasteiger partial charge in [0.2, 0.25) is 5.91 Å². The van der Waals surface area contributed by atoms with Crippen LogP contribution in [0.1, 0.15) is 11.1 Å². The Morgan fingerprint density at radius 3 is 2.73 bits per heavy atom. The van der Waals surface area contributed by atoms with E-state index in [0.717, 1.165) is 11.1 Å². The number of amidine groups is 1. The zero-order chi connectivity index (χ0) is 18.5. The summed E-state index contributed by atoms with van der Waals surface area (Å²) in [5.41, 5.74) is 2.20. The van der Waals surface area contributed by atoms with Crippen LogP contribution in [0.4, 0.5) is 14.5 Å². The molecule has 0 unspecified atom stereocenters. The van der Waals surface area contributed by atoms with Gasteiger partial charge in [0, 0.05) is 6.54 Å². The van der Waals surface area contributed by atoms with Gasteiger partial charge in [-0.25, -0.2) is 4.99 Å². The zero-order valence-corrected chi connectivity index (χ0v) is 15.0. The van der Waals surface area contributed by atoms with Crippen molar-refractivity contribution in [1.29, 1.82) is 0 Å². The number of hydrogen-bond acceptors (Lipinski definition) is 4. The lowest BCUT2D eigenvalue weighted by atomic mass is 10.1. The van der Waals surface area contributed by atoms with Crippen LogP contribution in [0.15, 0.2) is 53.5 Å². The van der Waals surface area contributed by atoms with Crippen molar-refractivity contribution in [1.82, 2.24) is 4.90 Å². The fourth-order valence-electron chi connectivity index (χ4n) is 2.59. The summed E-state index contributed by atoms with van der Waals surface area (Å²) in [4.78, 5) is 18.2. The number of aliphatic imine (C=N–C) groups is 1. The fourth-order valence-corrected chi connectivity index (χ4v) is 3.51. The summed E-state index contributed by atoms with van der Waals surface area (Å²) < 4.78 is 29.9. The van der Waals surface area contributed by atoms with Gasteiger partial charge in [0.15, 0.2) is 10.9 Å². The van der Waals surface area contributed by atoms with E-state index in [-0.39, 0.29) is 17.3 Å². The molecule has 0 bridgehead atoms. The maximum Gasteiger partial charge on any atom is 0.387 e. The van der Waals surface area contributed by atoms with Crippen molar-refractivity contribution >= 4 is 28.5 Å². The molecule has 1 aliphatic heterocycles. The minimum Gasteiger partial charge on any atom is -0.433 e. The number of thioether (sulfide) groups is 1. The first-order chi connectivity index (χ1) is 12.5. The molecule has 0 aliphatic carbocycles. The summed E-state index contributed by atoms with van der Waals surface area (Å²) in [7, 11) is 0. The van der Waals surface area contributed by atoms with Crippen molar-refractivity contribution in [2.75, 3.05) is 12.3 Å². The van der Waals surface area contributed by atoms with E-state index in [1.807, 2.05) is 30.3 Å². The Morgan fingerprint density at radius 1 is 1.23 bits per heavy atom. The molecule has 4 nitrogen and oxygen atoms in total. The zero-order valence-electron chi connectivity index (χ0n) is 14.2. The van der Waals surface area contributed by atoms with E-state index < -0.39 is 6.61 Å². The van der Waals surface area contributed by atoms with Crippen LogP contribution in [0.25, 0.3) is 0 Å². The average molecular weight is 376 g/mol. The van der Waals surface area contributed by atoms with Crippen LogP contribution in [-0.4, -0.2) is 34.9 Å². The van der Waals surface area contributed by atoms with Gasteiger partial charge in [0.05, 0.1) is 5.75 Å². The third-order valence-corrected chi connectivity index (χ3v) is 4.83. The van der Waals surface area contributed by atoms with Crippen molar-refractivity contribution in [3.8, 4) is 5.75 Å². The topological polar surface area (TPSA) is 41.9 Å². The molecule has 0 spiro atoms. The Hall–Kier alpha value is -2.41. The van der Waals surface area contributed by atoms with Gasteiger partial charge in [0.25, 0.3) is 0 Å². The first kappa shape index (κ1) is 18.4. The Bertz CT molecular complexity index is 812. The number of alkyl halides is 2. The summed E-state index contributed by atoms with van der Waals surface area (Å²) >= 11 is 1.30. The van der Waals surface area contributed by atoms with Crippen LogP contribution < -0.4 is 4.74 Å². The quantitative estimate of drug-likeness (QED) is 0.750. The molecule has 1 saturated heterocycles. The highest BCUT2D eigenvalue weighted by atomic mass is 32.2. The van der Waals surface area contributed by atoms with Gasteiger partial charge in [-0.05, 0) is 36.6 Å². The maximum absolute atomic E-state index is 12.7. The molecule has 0 N–H and O–H groups in total. The molecule has 0 saturated carbocycles. The second-order valence-electron chi connectivity index (χ2n) is 5.81. The number of aryl methyl sites for hydroxylation is 1. The summed E-state index contributed by atoms with van der Waals surface area (Å²) in [6.45, 7) is -0.649. The highest BCUT2D eigenvalue weighted by molar-refractivity contribution is 8.15. The third-order valence-electron chi connectivity index (χ3n) is 3.87. The number of nitrogens with zero attached hydrogens (tertiary/aromatic N) is 2. The first-order valence-electron chi connectivity index (χ1n) is 8.14. The van der Waals surface area contributed by atoms with E-state index in [9.17, 15) is 13.6 Å². The minimum atomic E-state index is -2.93. The second-order valence-corrected chi connectivity index (χ2v) is 6.76. The predicted molar refractivity (Wildman–Crippen MR) is 99.2 cm³/mol. The number of benzene rings is 2. The molecule has 2 aromatic rings. The van der Waals surface area contributed by atoms with Crippen LogP contribution in [0.3, 0.4) is 0 Å². The number of halogens is 2. The van der Waals surface area contributed by atoms with Gasteiger partial charge in [0.1, 0.15) is 5.69 Å². The smallest absolute Gasteiger partial charge is 0.387 e. The molecule has 1 amide bonds. The molecule has 1 aliphatic rings. The van der Waals surface area contributed by atoms with Crippen molar-refractivity contribution < 1.29 is 18.3 Å². The molecule has 0 aromatic heterocycles. The van der Waals surface area contributed by atoms with Gasteiger partial charge in [-0.3, -0.25) is 9.69 Å². The molecule has 2 aromatic carbocycles. The Labute approximate surface area is 154 Å². The van der Waals surface area contributed by atoms with Gasteiger partial charge >= 0.3 is 6.61 Å². The molecule has 0 atom stereocenters. The van der Waals surface area contributed by atoms with E-state index >= 15 is 0 Å². The van der Waals surface area contributed by atoms with Crippen molar-refractivity contribution in [2.45, 2.75) is 20.0 Å². The van der Waals surface area contributed by atoms with Gasteiger partial charge in [-0.15, -0.1) is 0 Å². The Kier molecular flexibility index (Phi) is 5.88. The SMILES string of the molecule is Cc1ccc(N=C2SCC(=O)N2CCc2ccccc2)c(OC(F)F)c1. The number of hydrogen-bond donors (Lipinski definition) is 0. The van der Waals surface area contributed by atoms with Gasteiger partial charge in [-0.1, -0.05) is 48.2 Å². The molecule has 1 heterocycles. The van der Waals surface area contributed by atoms with Crippen LogP contribution in [0, 0.1) is 6.92 Å². The van der Waals surface area contributed by atoms with E-state index in [1.54, 1.807) is 24.0 Å². The van der Waals surface area contributed by atoms with E-state index in [2.05, 4.69) is 9.73 Å². The van der Waals surface area contributed by atoms with Crippen molar-refractivity contribution in [3.05, 3.63) is 59.7 Å². The second kappa shape index (κ2) is 8.31. The number of amides is 1. The van der Waals surface area contributed by atoms with E-state index in [4.69, 9.17) is 0 Å². The maximum atomic E-state index is 12.7. The lowest BCUT2D eigenvalue weighted by molar-refractivity contribution is -0.124. The number of carbonyl (C=O) groups excluding carboxylic acids is 1. The molecule has 1 fully saturated rings. The summed E-state index contributed by atoms with van der Waals surface area (Å²) in [6, 6.07) is 14.7. The van der Waals surface area contributed by atoms with Crippen LogP contribution in [0.5, 0.6) is 5.75 Å². The summed E-state index contributed by atoms with van der Waals surface area (Å²) in [6.07, 6.45) is 0.695.